The largest absolute Gasteiger partial charge is 0.351 e. The van der Waals surface area contributed by atoms with Gasteiger partial charge in [-0.15, -0.1) is 0 Å². The molecule has 2 unspecified atom stereocenters. The van der Waals surface area contributed by atoms with Crippen LogP contribution in [0.15, 0.2) is 0 Å². The molecule has 1 fully saturated rings. The van der Waals surface area contributed by atoms with Gasteiger partial charge in [-0.25, -0.2) is 0 Å². The molecule has 0 aromatic carbocycles. The SMILES string of the molecule is CCC(C)(C)NC(=O)CC1CCCCC1N. The van der Waals surface area contributed by atoms with Gasteiger partial charge in [0.1, 0.15) is 0 Å². The van der Waals surface area contributed by atoms with Crippen LogP contribution in [0.25, 0.3) is 0 Å². The Morgan fingerprint density at radius 1 is 1.38 bits per heavy atom. The summed E-state index contributed by atoms with van der Waals surface area (Å²) in [7, 11) is 0. The number of nitrogens with one attached hydrogen (secondary N) is 1. The van der Waals surface area contributed by atoms with Crippen molar-refractivity contribution in [1.82, 2.24) is 5.32 Å². The van der Waals surface area contributed by atoms with E-state index in [0.29, 0.717) is 12.3 Å². The Morgan fingerprint density at radius 3 is 2.56 bits per heavy atom. The highest BCUT2D eigenvalue weighted by Gasteiger charge is 2.26. The molecule has 0 aromatic rings. The summed E-state index contributed by atoms with van der Waals surface area (Å²) < 4.78 is 0. The second kappa shape index (κ2) is 5.67. The van der Waals surface area contributed by atoms with Crippen molar-refractivity contribution in [1.29, 1.82) is 0 Å². The molecule has 3 heteroatoms. The third-order valence-corrected chi connectivity index (χ3v) is 3.78. The minimum Gasteiger partial charge on any atom is -0.351 e. The van der Waals surface area contributed by atoms with Crippen LogP contribution in [0.4, 0.5) is 0 Å². The number of carbonyl (C=O) groups is 1. The van der Waals surface area contributed by atoms with Crippen molar-refractivity contribution in [3.05, 3.63) is 0 Å². The van der Waals surface area contributed by atoms with Gasteiger partial charge < -0.3 is 11.1 Å². The molecular weight excluding hydrogens is 200 g/mol. The van der Waals surface area contributed by atoms with Crippen LogP contribution in [0.2, 0.25) is 0 Å². The van der Waals surface area contributed by atoms with Crippen LogP contribution in [0.3, 0.4) is 0 Å². The minimum atomic E-state index is -0.0875. The number of hydrogen-bond acceptors (Lipinski definition) is 2. The molecule has 0 bridgehead atoms. The molecule has 0 heterocycles. The monoisotopic (exact) mass is 226 g/mol. The smallest absolute Gasteiger partial charge is 0.220 e. The fraction of sp³-hybridized carbons (Fsp3) is 0.923. The third kappa shape index (κ3) is 4.12. The number of amides is 1. The van der Waals surface area contributed by atoms with Crippen molar-refractivity contribution < 1.29 is 4.79 Å². The Balaban J connectivity index is 2.38. The predicted molar refractivity (Wildman–Crippen MR) is 67.1 cm³/mol. The van der Waals surface area contributed by atoms with E-state index in [1.807, 2.05) is 0 Å². The van der Waals surface area contributed by atoms with E-state index in [4.69, 9.17) is 5.73 Å². The first-order valence-corrected chi connectivity index (χ1v) is 6.51. The quantitative estimate of drug-likeness (QED) is 0.772. The van der Waals surface area contributed by atoms with Crippen molar-refractivity contribution in [2.45, 2.75) is 70.9 Å². The topological polar surface area (TPSA) is 55.1 Å². The fourth-order valence-corrected chi connectivity index (χ4v) is 2.24. The van der Waals surface area contributed by atoms with Crippen molar-refractivity contribution in [2.24, 2.45) is 11.7 Å². The van der Waals surface area contributed by atoms with Crippen molar-refractivity contribution in [2.75, 3.05) is 0 Å². The van der Waals surface area contributed by atoms with Crippen LogP contribution in [0, 0.1) is 5.92 Å². The minimum absolute atomic E-state index is 0.0875. The summed E-state index contributed by atoms with van der Waals surface area (Å²) >= 11 is 0. The highest BCUT2D eigenvalue weighted by atomic mass is 16.1. The van der Waals surface area contributed by atoms with Crippen molar-refractivity contribution >= 4 is 5.91 Å². The lowest BCUT2D eigenvalue weighted by Crippen LogP contribution is -2.45. The molecule has 1 saturated carbocycles. The summed E-state index contributed by atoms with van der Waals surface area (Å²) in [6.45, 7) is 6.21. The van der Waals surface area contributed by atoms with E-state index in [2.05, 4.69) is 26.1 Å². The lowest BCUT2D eigenvalue weighted by Gasteiger charge is -2.30. The predicted octanol–water partition coefficient (Wildman–Crippen LogP) is 2.20. The normalized spacial score (nSPS) is 26.5. The van der Waals surface area contributed by atoms with Crippen LogP contribution >= 0.6 is 0 Å². The van der Waals surface area contributed by atoms with Gasteiger partial charge in [0.15, 0.2) is 0 Å². The van der Waals surface area contributed by atoms with Gasteiger partial charge in [0.25, 0.3) is 0 Å². The molecule has 0 aliphatic heterocycles. The standard InChI is InChI=1S/C13H26N2O/c1-4-13(2,3)15-12(16)9-10-7-5-6-8-11(10)14/h10-11H,4-9,14H2,1-3H3,(H,15,16). The zero-order valence-electron chi connectivity index (χ0n) is 10.9. The van der Waals surface area contributed by atoms with E-state index < -0.39 is 0 Å². The molecule has 3 nitrogen and oxygen atoms in total. The molecule has 1 amide bonds. The van der Waals surface area contributed by atoms with E-state index in [1.54, 1.807) is 0 Å². The fourth-order valence-electron chi connectivity index (χ4n) is 2.24. The number of rotatable bonds is 4. The number of carbonyl (C=O) groups excluding carboxylic acids is 1. The maximum absolute atomic E-state index is 11.9. The Morgan fingerprint density at radius 2 is 2.00 bits per heavy atom. The molecular formula is C13H26N2O. The van der Waals surface area contributed by atoms with Gasteiger partial charge in [-0.2, -0.15) is 0 Å². The summed E-state index contributed by atoms with van der Waals surface area (Å²) in [4.78, 5) is 11.9. The van der Waals surface area contributed by atoms with E-state index >= 15 is 0 Å². The molecule has 0 spiro atoms. The summed E-state index contributed by atoms with van der Waals surface area (Å²) in [5, 5.41) is 3.08. The molecule has 0 saturated heterocycles. The van der Waals surface area contributed by atoms with Gasteiger partial charge in [0.2, 0.25) is 5.91 Å². The molecule has 3 N–H and O–H groups in total. The maximum atomic E-state index is 11.9. The van der Waals surface area contributed by atoms with Gasteiger partial charge in [-0.1, -0.05) is 19.8 Å². The lowest BCUT2D eigenvalue weighted by atomic mass is 9.82. The van der Waals surface area contributed by atoms with E-state index in [9.17, 15) is 4.79 Å². The molecule has 0 radical (unpaired) electrons. The third-order valence-electron chi connectivity index (χ3n) is 3.78. The lowest BCUT2D eigenvalue weighted by molar-refractivity contribution is -0.124. The molecule has 1 aliphatic rings. The van der Waals surface area contributed by atoms with Gasteiger partial charge in [0.05, 0.1) is 0 Å². The van der Waals surface area contributed by atoms with Gasteiger partial charge in [0, 0.05) is 18.0 Å². The summed E-state index contributed by atoms with van der Waals surface area (Å²) in [6, 6.07) is 0.226. The maximum Gasteiger partial charge on any atom is 0.220 e. The Hall–Kier alpha value is -0.570. The zero-order chi connectivity index (χ0) is 12.2. The summed E-state index contributed by atoms with van der Waals surface area (Å²) in [6.07, 6.45) is 6.19. The molecule has 2 atom stereocenters. The molecule has 0 aromatic heterocycles. The summed E-state index contributed by atoms with van der Waals surface area (Å²) in [5.41, 5.74) is 5.96. The zero-order valence-corrected chi connectivity index (χ0v) is 10.9. The molecule has 16 heavy (non-hydrogen) atoms. The second-order valence-corrected chi connectivity index (χ2v) is 5.70. The Bertz CT molecular complexity index is 238. The Labute approximate surface area is 99.2 Å². The molecule has 1 aliphatic carbocycles. The van der Waals surface area contributed by atoms with Gasteiger partial charge >= 0.3 is 0 Å². The summed E-state index contributed by atoms with van der Waals surface area (Å²) in [5.74, 6) is 0.551. The first-order valence-electron chi connectivity index (χ1n) is 6.51. The van der Waals surface area contributed by atoms with Crippen LogP contribution in [-0.4, -0.2) is 17.5 Å². The van der Waals surface area contributed by atoms with E-state index in [0.717, 1.165) is 19.3 Å². The van der Waals surface area contributed by atoms with Crippen molar-refractivity contribution in [3.63, 3.8) is 0 Å². The molecule has 94 valence electrons. The Kier molecular flexibility index (Phi) is 4.78. The first-order chi connectivity index (χ1) is 7.44. The van der Waals surface area contributed by atoms with Crippen molar-refractivity contribution in [3.8, 4) is 0 Å². The highest BCUT2D eigenvalue weighted by Crippen LogP contribution is 2.25. The first kappa shape index (κ1) is 13.5. The van der Waals surface area contributed by atoms with Gasteiger partial charge in [-0.3, -0.25) is 4.79 Å². The number of hydrogen-bond donors (Lipinski definition) is 2. The highest BCUT2D eigenvalue weighted by molar-refractivity contribution is 5.77. The molecule has 1 rings (SSSR count). The second-order valence-electron chi connectivity index (χ2n) is 5.70. The number of nitrogens with two attached hydrogens (primary N) is 1. The van der Waals surface area contributed by atoms with Crippen LogP contribution in [0.1, 0.15) is 59.3 Å². The van der Waals surface area contributed by atoms with Crippen LogP contribution in [0.5, 0.6) is 0 Å². The van der Waals surface area contributed by atoms with Crippen LogP contribution < -0.4 is 11.1 Å². The average molecular weight is 226 g/mol. The van der Waals surface area contributed by atoms with Gasteiger partial charge in [-0.05, 0) is 39.0 Å². The van der Waals surface area contributed by atoms with E-state index in [-0.39, 0.29) is 17.5 Å². The average Bonchev–Trinajstić information content (AvgIpc) is 2.21. The van der Waals surface area contributed by atoms with Crippen LogP contribution in [-0.2, 0) is 4.79 Å². The van der Waals surface area contributed by atoms with E-state index in [1.165, 1.54) is 12.8 Å².